The Kier molecular flexibility index (Phi) is 8.14. The van der Waals surface area contributed by atoms with E-state index in [1.807, 2.05) is 72.1 Å². The first kappa shape index (κ1) is 23.8. The predicted octanol–water partition coefficient (Wildman–Crippen LogP) is 6.85. The normalized spacial score (nSPS) is 10.9. The largest absolute Gasteiger partial charge is 0.322 e. The SMILES string of the molecule is O=C(/C=C/c1ccccc1)Nc1cccc(SCC(=O)Nc2nc(-c3ccc(Cl)cc3)cs2)c1. The van der Waals surface area contributed by atoms with Crippen LogP contribution in [-0.2, 0) is 9.59 Å². The average molecular weight is 506 g/mol. The average Bonchev–Trinajstić information content (AvgIpc) is 3.31. The summed E-state index contributed by atoms with van der Waals surface area (Å²) in [5.74, 6) is -0.146. The third-order valence-electron chi connectivity index (χ3n) is 4.59. The summed E-state index contributed by atoms with van der Waals surface area (Å²) in [6.45, 7) is 0. The topological polar surface area (TPSA) is 71.1 Å². The third-order valence-corrected chi connectivity index (χ3v) is 6.59. The molecular formula is C26H20ClN3O2S2. The summed E-state index contributed by atoms with van der Waals surface area (Å²) in [6.07, 6.45) is 3.25. The molecular weight excluding hydrogens is 486 g/mol. The van der Waals surface area contributed by atoms with Crippen LogP contribution in [0.1, 0.15) is 5.56 Å². The lowest BCUT2D eigenvalue weighted by molar-refractivity contribution is -0.114. The van der Waals surface area contributed by atoms with Crippen LogP contribution < -0.4 is 10.6 Å². The van der Waals surface area contributed by atoms with Crippen LogP contribution in [-0.4, -0.2) is 22.6 Å². The molecule has 5 nitrogen and oxygen atoms in total. The molecule has 2 amide bonds. The second-order valence-corrected chi connectivity index (χ2v) is 9.49. The Morgan fingerprint density at radius 1 is 0.971 bits per heavy atom. The van der Waals surface area contributed by atoms with Crippen LogP contribution in [0.3, 0.4) is 0 Å². The van der Waals surface area contributed by atoms with E-state index in [9.17, 15) is 9.59 Å². The maximum Gasteiger partial charge on any atom is 0.248 e. The van der Waals surface area contributed by atoms with Crippen molar-refractivity contribution in [1.29, 1.82) is 0 Å². The quantitative estimate of drug-likeness (QED) is 0.203. The molecule has 8 heteroatoms. The first-order valence-electron chi connectivity index (χ1n) is 10.3. The molecule has 0 radical (unpaired) electrons. The van der Waals surface area contributed by atoms with E-state index < -0.39 is 0 Å². The van der Waals surface area contributed by atoms with Gasteiger partial charge in [0.25, 0.3) is 0 Å². The highest BCUT2D eigenvalue weighted by Gasteiger charge is 2.09. The van der Waals surface area contributed by atoms with Gasteiger partial charge in [-0.2, -0.15) is 0 Å². The summed E-state index contributed by atoms with van der Waals surface area (Å²) in [6, 6.07) is 24.4. The van der Waals surface area contributed by atoms with Gasteiger partial charge in [0.05, 0.1) is 11.4 Å². The Balaban J connectivity index is 1.28. The van der Waals surface area contributed by atoms with Crippen LogP contribution in [0.4, 0.5) is 10.8 Å². The number of carbonyl (C=O) groups excluding carboxylic acids is 2. The Labute approximate surface area is 210 Å². The highest BCUT2D eigenvalue weighted by atomic mass is 35.5. The first-order valence-corrected chi connectivity index (χ1v) is 12.6. The van der Waals surface area contributed by atoms with Crippen LogP contribution in [0.2, 0.25) is 5.02 Å². The minimum atomic E-state index is -0.219. The van der Waals surface area contributed by atoms with Gasteiger partial charge >= 0.3 is 0 Å². The minimum Gasteiger partial charge on any atom is -0.322 e. The molecule has 0 atom stereocenters. The molecule has 0 fully saturated rings. The molecule has 4 rings (SSSR count). The fourth-order valence-electron chi connectivity index (χ4n) is 2.97. The molecule has 4 aromatic rings. The number of hydrogen-bond acceptors (Lipinski definition) is 5. The lowest BCUT2D eigenvalue weighted by Gasteiger charge is -2.06. The second kappa shape index (κ2) is 11.7. The molecule has 0 aliphatic rings. The second-order valence-electron chi connectivity index (χ2n) is 7.14. The van der Waals surface area contributed by atoms with Gasteiger partial charge in [-0.3, -0.25) is 9.59 Å². The summed E-state index contributed by atoms with van der Waals surface area (Å²) in [5.41, 5.74) is 3.34. The van der Waals surface area contributed by atoms with E-state index in [0.717, 1.165) is 21.7 Å². The highest BCUT2D eigenvalue weighted by Crippen LogP contribution is 2.27. The van der Waals surface area contributed by atoms with E-state index >= 15 is 0 Å². The fourth-order valence-corrected chi connectivity index (χ4v) is 4.59. The summed E-state index contributed by atoms with van der Waals surface area (Å²) < 4.78 is 0. The number of carbonyl (C=O) groups is 2. The van der Waals surface area contributed by atoms with E-state index in [0.29, 0.717) is 15.8 Å². The van der Waals surface area contributed by atoms with Crippen molar-refractivity contribution in [3.8, 4) is 11.3 Å². The first-order chi connectivity index (χ1) is 16.5. The molecule has 0 aliphatic heterocycles. The van der Waals surface area contributed by atoms with Crippen LogP contribution in [0.5, 0.6) is 0 Å². The zero-order valence-corrected chi connectivity index (χ0v) is 20.3. The highest BCUT2D eigenvalue weighted by molar-refractivity contribution is 8.00. The number of rotatable bonds is 8. The van der Waals surface area contributed by atoms with Gasteiger partial charge in [-0.05, 0) is 42.0 Å². The number of nitrogens with zero attached hydrogens (tertiary/aromatic N) is 1. The van der Waals surface area contributed by atoms with Crippen molar-refractivity contribution >= 4 is 63.4 Å². The number of benzene rings is 3. The van der Waals surface area contributed by atoms with E-state index in [1.54, 1.807) is 18.2 Å². The smallest absolute Gasteiger partial charge is 0.248 e. The number of thiazole rings is 1. The van der Waals surface area contributed by atoms with Gasteiger partial charge in [0, 0.05) is 32.6 Å². The van der Waals surface area contributed by atoms with E-state index in [2.05, 4.69) is 15.6 Å². The van der Waals surface area contributed by atoms with Crippen LogP contribution >= 0.6 is 34.7 Å². The van der Waals surface area contributed by atoms with Crippen molar-refractivity contribution in [3.63, 3.8) is 0 Å². The number of aromatic nitrogens is 1. The number of halogens is 1. The lowest BCUT2D eigenvalue weighted by Crippen LogP contribution is -2.13. The monoisotopic (exact) mass is 505 g/mol. The molecule has 1 heterocycles. The van der Waals surface area contributed by atoms with Crippen molar-refractivity contribution in [2.45, 2.75) is 4.90 Å². The van der Waals surface area contributed by atoms with Gasteiger partial charge in [0.2, 0.25) is 11.8 Å². The zero-order valence-electron chi connectivity index (χ0n) is 17.9. The molecule has 0 saturated heterocycles. The maximum absolute atomic E-state index is 12.4. The van der Waals surface area contributed by atoms with Crippen molar-refractivity contribution < 1.29 is 9.59 Å². The summed E-state index contributed by atoms with van der Waals surface area (Å²) in [4.78, 5) is 30.0. The number of thioether (sulfide) groups is 1. The fraction of sp³-hybridized carbons (Fsp3) is 0.0385. The molecule has 170 valence electrons. The lowest BCUT2D eigenvalue weighted by atomic mass is 10.2. The molecule has 0 spiro atoms. The Morgan fingerprint density at radius 3 is 2.56 bits per heavy atom. The maximum atomic E-state index is 12.4. The Bertz CT molecular complexity index is 1310. The number of amides is 2. The van der Waals surface area contributed by atoms with Crippen LogP contribution in [0.25, 0.3) is 17.3 Å². The van der Waals surface area contributed by atoms with Gasteiger partial charge in [-0.15, -0.1) is 23.1 Å². The number of anilines is 2. The van der Waals surface area contributed by atoms with Gasteiger partial charge in [-0.25, -0.2) is 4.98 Å². The van der Waals surface area contributed by atoms with E-state index in [-0.39, 0.29) is 17.6 Å². The molecule has 0 saturated carbocycles. The molecule has 0 unspecified atom stereocenters. The summed E-state index contributed by atoms with van der Waals surface area (Å²) >= 11 is 8.69. The number of nitrogens with one attached hydrogen (secondary N) is 2. The van der Waals surface area contributed by atoms with Crippen LogP contribution in [0.15, 0.2) is 95.2 Å². The molecule has 3 aromatic carbocycles. The van der Waals surface area contributed by atoms with Gasteiger partial charge in [0.1, 0.15) is 0 Å². The molecule has 1 aromatic heterocycles. The minimum absolute atomic E-state index is 0.151. The molecule has 0 bridgehead atoms. The van der Waals surface area contributed by atoms with Gasteiger partial charge in [-0.1, -0.05) is 60.1 Å². The number of hydrogen-bond donors (Lipinski definition) is 2. The van der Waals surface area contributed by atoms with Crippen molar-refractivity contribution in [1.82, 2.24) is 4.98 Å². The van der Waals surface area contributed by atoms with Crippen LogP contribution in [0, 0.1) is 0 Å². The van der Waals surface area contributed by atoms with E-state index in [4.69, 9.17) is 11.6 Å². The Morgan fingerprint density at radius 2 is 1.76 bits per heavy atom. The third kappa shape index (κ3) is 7.05. The molecule has 34 heavy (non-hydrogen) atoms. The Hall–Kier alpha value is -3.39. The van der Waals surface area contributed by atoms with Gasteiger partial charge in [0.15, 0.2) is 5.13 Å². The summed E-state index contributed by atoms with van der Waals surface area (Å²) in [7, 11) is 0. The summed E-state index contributed by atoms with van der Waals surface area (Å²) in [5, 5.41) is 8.78. The zero-order chi connectivity index (χ0) is 23.8. The van der Waals surface area contributed by atoms with Crippen molar-refractivity contribution in [3.05, 3.63) is 101 Å². The van der Waals surface area contributed by atoms with E-state index in [1.165, 1.54) is 29.2 Å². The van der Waals surface area contributed by atoms with Gasteiger partial charge < -0.3 is 10.6 Å². The molecule has 2 N–H and O–H groups in total. The predicted molar refractivity (Wildman–Crippen MR) is 142 cm³/mol. The standard InChI is InChI=1S/C26H20ClN3O2S2/c27-20-12-10-19(11-13-20)23-16-34-26(29-23)30-25(32)17-33-22-8-4-7-21(15-22)28-24(31)14-9-18-5-2-1-3-6-18/h1-16H,17H2,(H,28,31)(H,29,30,32)/b14-9+. The molecule has 0 aliphatic carbocycles. The van der Waals surface area contributed by atoms with Crippen molar-refractivity contribution in [2.75, 3.05) is 16.4 Å². The van der Waals surface area contributed by atoms with Crippen molar-refractivity contribution in [2.24, 2.45) is 0 Å².